The molecule has 0 atom stereocenters. The second-order valence-corrected chi connectivity index (χ2v) is 7.24. The SMILES string of the molecule is Cc1cc(C)n(-c2cc(N3CCN(Cc4cc(C)n(C)n4)CC3)ncn2)n1. The van der Waals surface area contributed by atoms with E-state index >= 15 is 0 Å². The zero-order chi connectivity index (χ0) is 19.0. The summed E-state index contributed by atoms with van der Waals surface area (Å²) in [4.78, 5) is 13.7. The van der Waals surface area contributed by atoms with E-state index in [2.05, 4.69) is 49.0 Å². The molecule has 8 heteroatoms. The van der Waals surface area contributed by atoms with Crippen molar-refractivity contribution in [1.82, 2.24) is 34.4 Å². The Morgan fingerprint density at radius 2 is 1.59 bits per heavy atom. The van der Waals surface area contributed by atoms with E-state index in [-0.39, 0.29) is 0 Å². The lowest BCUT2D eigenvalue weighted by molar-refractivity contribution is 0.246. The Kier molecular flexibility index (Phi) is 4.65. The van der Waals surface area contributed by atoms with Gasteiger partial charge < -0.3 is 4.90 Å². The molecule has 27 heavy (non-hydrogen) atoms. The fraction of sp³-hybridized carbons (Fsp3) is 0.474. The Bertz CT molecular complexity index is 914. The Hall–Kier alpha value is -2.74. The van der Waals surface area contributed by atoms with Crippen molar-refractivity contribution in [3.8, 4) is 5.82 Å². The molecule has 4 heterocycles. The molecule has 0 unspecified atom stereocenters. The molecule has 0 spiro atoms. The maximum absolute atomic E-state index is 4.57. The summed E-state index contributed by atoms with van der Waals surface area (Å²) in [6.07, 6.45) is 1.63. The normalized spacial score (nSPS) is 15.5. The van der Waals surface area contributed by atoms with Gasteiger partial charge in [-0.3, -0.25) is 9.58 Å². The lowest BCUT2D eigenvalue weighted by Gasteiger charge is -2.35. The molecular weight excluding hydrogens is 340 g/mol. The van der Waals surface area contributed by atoms with Crippen LogP contribution >= 0.6 is 0 Å². The van der Waals surface area contributed by atoms with Gasteiger partial charge in [-0.05, 0) is 32.9 Å². The van der Waals surface area contributed by atoms with Crippen molar-refractivity contribution in [2.45, 2.75) is 27.3 Å². The Morgan fingerprint density at radius 1 is 0.852 bits per heavy atom. The number of aryl methyl sites for hydroxylation is 4. The van der Waals surface area contributed by atoms with E-state index in [0.29, 0.717) is 0 Å². The molecule has 1 saturated heterocycles. The van der Waals surface area contributed by atoms with E-state index in [1.54, 1.807) is 6.33 Å². The van der Waals surface area contributed by atoms with Crippen LogP contribution in [0.1, 0.15) is 22.8 Å². The van der Waals surface area contributed by atoms with Gasteiger partial charge >= 0.3 is 0 Å². The molecule has 0 aliphatic carbocycles. The lowest BCUT2D eigenvalue weighted by Crippen LogP contribution is -2.46. The van der Waals surface area contributed by atoms with Crippen molar-refractivity contribution in [2.75, 3.05) is 31.1 Å². The maximum atomic E-state index is 4.57. The topological polar surface area (TPSA) is 67.9 Å². The highest BCUT2D eigenvalue weighted by molar-refractivity contribution is 5.44. The van der Waals surface area contributed by atoms with Crippen molar-refractivity contribution in [2.24, 2.45) is 7.05 Å². The van der Waals surface area contributed by atoms with Gasteiger partial charge in [0, 0.05) is 57.2 Å². The third-order valence-electron chi connectivity index (χ3n) is 5.11. The predicted molar refractivity (Wildman–Crippen MR) is 104 cm³/mol. The van der Waals surface area contributed by atoms with E-state index in [4.69, 9.17) is 0 Å². The van der Waals surface area contributed by atoms with Crippen molar-refractivity contribution in [3.63, 3.8) is 0 Å². The molecule has 0 N–H and O–H groups in total. The number of hydrogen-bond donors (Lipinski definition) is 0. The summed E-state index contributed by atoms with van der Waals surface area (Å²) in [5.74, 6) is 1.78. The molecule has 0 bridgehead atoms. The van der Waals surface area contributed by atoms with Crippen LogP contribution in [0.15, 0.2) is 24.5 Å². The second-order valence-electron chi connectivity index (χ2n) is 7.24. The molecule has 8 nitrogen and oxygen atoms in total. The van der Waals surface area contributed by atoms with Gasteiger partial charge in [-0.2, -0.15) is 10.2 Å². The number of rotatable bonds is 4. The average Bonchev–Trinajstić information content (AvgIpc) is 3.16. The first-order valence-corrected chi connectivity index (χ1v) is 9.32. The number of aromatic nitrogens is 6. The van der Waals surface area contributed by atoms with E-state index < -0.39 is 0 Å². The fourth-order valence-electron chi connectivity index (χ4n) is 3.56. The summed E-state index contributed by atoms with van der Waals surface area (Å²) in [5.41, 5.74) is 4.40. The van der Waals surface area contributed by atoms with Crippen LogP contribution in [-0.4, -0.2) is 60.6 Å². The van der Waals surface area contributed by atoms with Crippen LogP contribution in [0.2, 0.25) is 0 Å². The molecule has 1 aliphatic heterocycles. The highest BCUT2D eigenvalue weighted by Crippen LogP contribution is 2.18. The van der Waals surface area contributed by atoms with Crippen molar-refractivity contribution in [1.29, 1.82) is 0 Å². The molecular formula is C19H26N8. The van der Waals surface area contributed by atoms with Crippen LogP contribution in [0, 0.1) is 20.8 Å². The minimum Gasteiger partial charge on any atom is -0.354 e. The van der Waals surface area contributed by atoms with Gasteiger partial charge in [0.2, 0.25) is 0 Å². The summed E-state index contributed by atoms with van der Waals surface area (Å²) in [5, 5.41) is 9.09. The highest BCUT2D eigenvalue weighted by Gasteiger charge is 2.20. The quantitative estimate of drug-likeness (QED) is 0.699. The molecule has 3 aromatic rings. The zero-order valence-corrected chi connectivity index (χ0v) is 16.4. The number of nitrogens with zero attached hydrogens (tertiary/aromatic N) is 8. The summed E-state index contributed by atoms with van der Waals surface area (Å²) in [6, 6.07) is 6.24. The molecule has 1 fully saturated rings. The molecule has 4 rings (SSSR count). The van der Waals surface area contributed by atoms with Crippen molar-refractivity contribution >= 4 is 5.82 Å². The van der Waals surface area contributed by atoms with Gasteiger partial charge in [0.15, 0.2) is 5.82 Å². The minimum absolute atomic E-state index is 0.817. The number of anilines is 1. The first-order chi connectivity index (χ1) is 13.0. The predicted octanol–water partition coefficient (Wildman–Crippen LogP) is 1.64. The van der Waals surface area contributed by atoms with Crippen molar-refractivity contribution in [3.05, 3.63) is 47.3 Å². The number of hydrogen-bond acceptors (Lipinski definition) is 6. The number of piperazine rings is 1. The molecule has 0 saturated carbocycles. The molecule has 3 aromatic heterocycles. The van der Waals surface area contributed by atoms with Gasteiger partial charge in [0.25, 0.3) is 0 Å². The van der Waals surface area contributed by atoms with Gasteiger partial charge in [0.05, 0.1) is 11.4 Å². The molecule has 0 aromatic carbocycles. The minimum atomic E-state index is 0.817. The van der Waals surface area contributed by atoms with E-state index in [9.17, 15) is 0 Å². The molecule has 0 radical (unpaired) electrons. The van der Waals surface area contributed by atoms with Crippen LogP contribution in [-0.2, 0) is 13.6 Å². The maximum Gasteiger partial charge on any atom is 0.159 e. The Morgan fingerprint density at radius 3 is 2.22 bits per heavy atom. The van der Waals surface area contributed by atoms with Crippen LogP contribution in [0.4, 0.5) is 5.82 Å². The lowest BCUT2D eigenvalue weighted by atomic mass is 10.2. The van der Waals surface area contributed by atoms with Crippen molar-refractivity contribution < 1.29 is 0 Å². The second kappa shape index (κ2) is 7.11. The highest BCUT2D eigenvalue weighted by atomic mass is 15.3. The summed E-state index contributed by atoms with van der Waals surface area (Å²) in [6.45, 7) is 10.9. The van der Waals surface area contributed by atoms with Crippen LogP contribution in [0.3, 0.4) is 0 Å². The van der Waals surface area contributed by atoms with Gasteiger partial charge in [0.1, 0.15) is 12.1 Å². The summed E-state index contributed by atoms with van der Waals surface area (Å²) < 4.78 is 3.81. The van der Waals surface area contributed by atoms with Crippen LogP contribution < -0.4 is 4.90 Å². The first-order valence-electron chi connectivity index (χ1n) is 9.32. The smallest absolute Gasteiger partial charge is 0.159 e. The van der Waals surface area contributed by atoms with Crippen LogP contribution in [0.25, 0.3) is 5.82 Å². The average molecular weight is 366 g/mol. The van der Waals surface area contributed by atoms with E-state index in [0.717, 1.165) is 61.4 Å². The Balaban J connectivity index is 1.42. The van der Waals surface area contributed by atoms with Gasteiger partial charge in [-0.15, -0.1) is 0 Å². The fourth-order valence-corrected chi connectivity index (χ4v) is 3.56. The molecule has 1 aliphatic rings. The van der Waals surface area contributed by atoms with E-state index in [1.807, 2.05) is 36.3 Å². The standard InChI is InChI=1S/C19H26N8/c1-14-9-16(3)27(22-14)19-11-18(20-13-21-19)26-7-5-25(6-8-26)12-17-10-15(2)24(4)23-17/h9-11,13H,5-8,12H2,1-4H3. The third kappa shape index (κ3) is 3.71. The summed E-state index contributed by atoms with van der Waals surface area (Å²) in [7, 11) is 1.99. The van der Waals surface area contributed by atoms with E-state index in [1.165, 1.54) is 5.69 Å². The zero-order valence-electron chi connectivity index (χ0n) is 16.4. The Labute approximate surface area is 159 Å². The summed E-state index contributed by atoms with van der Waals surface area (Å²) >= 11 is 0. The third-order valence-corrected chi connectivity index (χ3v) is 5.11. The monoisotopic (exact) mass is 366 g/mol. The molecule has 0 amide bonds. The van der Waals surface area contributed by atoms with Gasteiger partial charge in [-0.1, -0.05) is 0 Å². The molecule has 142 valence electrons. The first kappa shape index (κ1) is 17.7. The van der Waals surface area contributed by atoms with Crippen LogP contribution in [0.5, 0.6) is 0 Å². The largest absolute Gasteiger partial charge is 0.354 e. The van der Waals surface area contributed by atoms with Gasteiger partial charge in [-0.25, -0.2) is 14.6 Å².